The molecule has 0 amide bonds. The van der Waals surface area contributed by atoms with E-state index < -0.39 is 0 Å². The molecule has 0 radical (unpaired) electrons. The van der Waals surface area contributed by atoms with Crippen LogP contribution >= 0.6 is 0 Å². The average Bonchev–Trinajstić information content (AvgIpc) is 2.50. The van der Waals surface area contributed by atoms with Crippen LogP contribution in [0.3, 0.4) is 0 Å². The first-order valence-corrected chi connectivity index (χ1v) is 8.22. The van der Waals surface area contributed by atoms with Crippen molar-refractivity contribution in [2.24, 2.45) is 11.8 Å². The van der Waals surface area contributed by atoms with E-state index in [2.05, 4.69) is 56.5 Å². The number of aryl methyl sites for hydroxylation is 1. The van der Waals surface area contributed by atoms with Crippen molar-refractivity contribution in [3.05, 3.63) is 41.6 Å². The standard InChI is InChI=1S/C19H26N2/c1-13-8-10-15(11-9-13)19(20-3)18-12-14(2)16-6-4-5-7-17(16)21-18/h4-7,12-13,15,19-20H,8-11H2,1-3H3. The minimum absolute atomic E-state index is 0.390. The lowest BCUT2D eigenvalue weighted by molar-refractivity contribution is 0.235. The molecule has 1 saturated carbocycles. The molecule has 112 valence electrons. The third-order valence-corrected chi connectivity index (χ3v) is 5.10. The summed E-state index contributed by atoms with van der Waals surface area (Å²) in [6, 6.07) is 11.1. The minimum atomic E-state index is 0.390. The summed E-state index contributed by atoms with van der Waals surface area (Å²) in [6.07, 6.45) is 5.35. The fourth-order valence-electron chi connectivity index (χ4n) is 3.78. The van der Waals surface area contributed by atoms with Crippen LogP contribution in [0.4, 0.5) is 0 Å². The predicted octanol–water partition coefficient (Wildman–Crippen LogP) is 4.63. The molecule has 1 heterocycles. The molecule has 0 spiro atoms. The van der Waals surface area contributed by atoms with E-state index in [0.29, 0.717) is 6.04 Å². The minimum Gasteiger partial charge on any atom is -0.311 e. The Bertz CT molecular complexity index is 612. The Kier molecular flexibility index (Phi) is 4.25. The molecule has 1 unspecified atom stereocenters. The molecule has 3 rings (SSSR count). The number of hydrogen-bond donors (Lipinski definition) is 1. The van der Waals surface area contributed by atoms with Gasteiger partial charge in [0.15, 0.2) is 0 Å². The summed E-state index contributed by atoms with van der Waals surface area (Å²) in [5.74, 6) is 1.62. The summed E-state index contributed by atoms with van der Waals surface area (Å²) >= 11 is 0. The zero-order valence-electron chi connectivity index (χ0n) is 13.4. The van der Waals surface area contributed by atoms with Gasteiger partial charge in [-0.15, -0.1) is 0 Å². The summed E-state index contributed by atoms with van der Waals surface area (Å²) in [5.41, 5.74) is 3.67. The van der Waals surface area contributed by atoms with Gasteiger partial charge in [-0.3, -0.25) is 4.98 Å². The van der Waals surface area contributed by atoms with Gasteiger partial charge in [0, 0.05) is 5.39 Å². The zero-order chi connectivity index (χ0) is 14.8. The first kappa shape index (κ1) is 14.5. The maximum absolute atomic E-state index is 4.94. The predicted molar refractivity (Wildman–Crippen MR) is 89.4 cm³/mol. The van der Waals surface area contributed by atoms with Crippen molar-refractivity contribution in [3.63, 3.8) is 0 Å². The van der Waals surface area contributed by atoms with Gasteiger partial charge < -0.3 is 5.32 Å². The molecule has 1 aliphatic rings. The Morgan fingerprint density at radius 2 is 1.86 bits per heavy atom. The van der Waals surface area contributed by atoms with E-state index in [4.69, 9.17) is 4.98 Å². The van der Waals surface area contributed by atoms with Crippen LogP contribution in [0.25, 0.3) is 10.9 Å². The number of fused-ring (bicyclic) bond motifs is 1. The summed E-state index contributed by atoms with van der Waals surface area (Å²) in [4.78, 5) is 4.94. The maximum Gasteiger partial charge on any atom is 0.0708 e. The average molecular weight is 282 g/mol. The highest BCUT2D eigenvalue weighted by atomic mass is 14.9. The van der Waals surface area contributed by atoms with Crippen LogP contribution < -0.4 is 5.32 Å². The largest absolute Gasteiger partial charge is 0.311 e. The number of aromatic nitrogens is 1. The van der Waals surface area contributed by atoms with Crippen LogP contribution in [-0.4, -0.2) is 12.0 Å². The highest BCUT2D eigenvalue weighted by Crippen LogP contribution is 2.36. The van der Waals surface area contributed by atoms with Crippen LogP contribution in [0.2, 0.25) is 0 Å². The quantitative estimate of drug-likeness (QED) is 0.887. The highest BCUT2D eigenvalue weighted by molar-refractivity contribution is 5.82. The number of pyridine rings is 1. The zero-order valence-corrected chi connectivity index (χ0v) is 13.4. The van der Waals surface area contributed by atoms with Crippen molar-refractivity contribution in [2.75, 3.05) is 7.05 Å². The van der Waals surface area contributed by atoms with Crippen molar-refractivity contribution >= 4 is 10.9 Å². The van der Waals surface area contributed by atoms with Crippen LogP contribution in [-0.2, 0) is 0 Å². The monoisotopic (exact) mass is 282 g/mol. The van der Waals surface area contributed by atoms with Gasteiger partial charge in [-0.25, -0.2) is 0 Å². The summed E-state index contributed by atoms with van der Waals surface area (Å²) < 4.78 is 0. The molecular weight excluding hydrogens is 256 g/mol. The molecule has 1 aromatic heterocycles. The Balaban J connectivity index is 1.93. The van der Waals surface area contributed by atoms with Crippen molar-refractivity contribution < 1.29 is 0 Å². The lowest BCUT2D eigenvalue weighted by Gasteiger charge is -2.32. The van der Waals surface area contributed by atoms with Crippen molar-refractivity contribution in [3.8, 4) is 0 Å². The van der Waals surface area contributed by atoms with Crippen molar-refractivity contribution in [2.45, 2.75) is 45.6 Å². The topological polar surface area (TPSA) is 24.9 Å². The number of para-hydroxylation sites is 1. The molecular formula is C19H26N2. The number of hydrogen-bond acceptors (Lipinski definition) is 2. The van der Waals surface area contributed by atoms with Crippen LogP contribution in [0.5, 0.6) is 0 Å². The van der Waals surface area contributed by atoms with E-state index in [1.54, 1.807) is 0 Å². The SMILES string of the molecule is CNC(c1cc(C)c2ccccc2n1)C1CCC(C)CC1. The first-order valence-electron chi connectivity index (χ1n) is 8.22. The van der Waals surface area contributed by atoms with Gasteiger partial charge in [0.2, 0.25) is 0 Å². The third-order valence-electron chi connectivity index (χ3n) is 5.10. The van der Waals surface area contributed by atoms with Crippen LogP contribution in [0.1, 0.15) is 49.9 Å². The van der Waals surface area contributed by atoms with E-state index >= 15 is 0 Å². The summed E-state index contributed by atoms with van der Waals surface area (Å²) in [5, 5.41) is 4.80. The maximum atomic E-state index is 4.94. The second-order valence-corrected chi connectivity index (χ2v) is 6.67. The molecule has 1 aliphatic carbocycles. The first-order chi connectivity index (χ1) is 10.2. The molecule has 1 atom stereocenters. The van der Waals surface area contributed by atoms with Gasteiger partial charge in [0.25, 0.3) is 0 Å². The van der Waals surface area contributed by atoms with Gasteiger partial charge in [-0.2, -0.15) is 0 Å². The van der Waals surface area contributed by atoms with E-state index in [1.807, 2.05) is 0 Å². The van der Waals surface area contributed by atoms with Crippen molar-refractivity contribution in [1.82, 2.24) is 10.3 Å². The second-order valence-electron chi connectivity index (χ2n) is 6.67. The molecule has 0 aliphatic heterocycles. The summed E-state index contributed by atoms with van der Waals surface area (Å²) in [7, 11) is 2.08. The van der Waals surface area contributed by atoms with E-state index in [-0.39, 0.29) is 0 Å². The Hall–Kier alpha value is -1.41. The smallest absolute Gasteiger partial charge is 0.0708 e. The number of benzene rings is 1. The summed E-state index contributed by atoms with van der Waals surface area (Å²) in [6.45, 7) is 4.58. The molecule has 21 heavy (non-hydrogen) atoms. The van der Waals surface area contributed by atoms with E-state index in [1.165, 1.54) is 42.3 Å². The van der Waals surface area contributed by atoms with Crippen LogP contribution in [0.15, 0.2) is 30.3 Å². The molecule has 1 aromatic carbocycles. The lowest BCUT2D eigenvalue weighted by atomic mass is 9.78. The van der Waals surface area contributed by atoms with Gasteiger partial charge in [0.05, 0.1) is 17.3 Å². The lowest BCUT2D eigenvalue weighted by Crippen LogP contribution is -2.29. The third kappa shape index (κ3) is 2.96. The van der Waals surface area contributed by atoms with Gasteiger partial charge in [-0.1, -0.05) is 38.0 Å². The Morgan fingerprint density at radius 1 is 1.14 bits per heavy atom. The Morgan fingerprint density at radius 3 is 2.57 bits per heavy atom. The molecule has 1 fully saturated rings. The van der Waals surface area contributed by atoms with E-state index in [9.17, 15) is 0 Å². The number of nitrogens with one attached hydrogen (secondary N) is 1. The second kappa shape index (κ2) is 6.15. The van der Waals surface area contributed by atoms with Gasteiger partial charge in [0.1, 0.15) is 0 Å². The fourth-order valence-corrected chi connectivity index (χ4v) is 3.78. The molecule has 1 N–H and O–H groups in total. The van der Waals surface area contributed by atoms with E-state index in [0.717, 1.165) is 17.4 Å². The molecule has 0 saturated heterocycles. The normalized spacial score (nSPS) is 24.1. The molecule has 0 bridgehead atoms. The molecule has 2 aromatic rings. The highest BCUT2D eigenvalue weighted by Gasteiger charge is 2.27. The fraction of sp³-hybridized carbons (Fsp3) is 0.526. The molecule has 2 heteroatoms. The van der Waals surface area contributed by atoms with Gasteiger partial charge >= 0.3 is 0 Å². The number of rotatable bonds is 3. The van der Waals surface area contributed by atoms with Crippen LogP contribution in [0, 0.1) is 18.8 Å². The molecule has 2 nitrogen and oxygen atoms in total. The van der Waals surface area contributed by atoms with Gasteiger partial charge in [-0.05, 0) is 56.3 Å². The van der Waals surface area contributed by atoms with Crippen molar-refractivity contribution in [1.29, 1.82) is 0 Å². The Labute approximate surface area is 128 Å². The number of nitrogens with zero attached hydrogens (tertiary/aromatic N) is 1.